The van der Waals surface area contributed by atoms with E-state index in [4.69, 9.17) is 9.57 Å². The standard InChI is InChI=1S/C26H35N5O6/c1-24(2,3)26(16-27-22(34)37-25(4,5)6)21-18(12-29(28-21)14-20(32)33)19-13-30(26)23(35)31(19)36-15-17-10-8-7-9-11-17/h7-12,19H,13-16H2,1-6H3,(H,27,34)(H,32,33)/t19-,26?/m1/s1. The third-order valence-electron chi connectivity index (χ3n) is 6.70. The number of hydroxylamine groups is 2. The number of urea groups is 1. The Morgan fingerprint density at radius 3 is 2.43 bits per heavy atom. The van der Waals surface area contributed by atoms with Crippen LogP contribution in [0, 0.1) is 5.41 Å². The van der Waals surface area contributed by atoms with Gasteiger partial charge in [-0.05, 0) is 31.7 Å². The molecule has 2 aliphatic rings. The van der Waals surface area contributed by atoms with E-state index < -0.39 is 34.7 Å². The number of rotatable bonds is 7. The molecule has 2 atom stereocenters. The smallest absolute Gasteiger partial charge is 0.407 e. The summed E-state index contributed by atoms with van der Waals surface area (Å²) in [5.41, 5.74) is -0.278. The van der Waals surface area contributed by atoms with Crippen LogP contribution in [0.2, 0.25) is 0 Å². The van der Waals surface area contributed by atoms with Crippen LogP contribution in [0.5, 0.6) is 0 Å². The summed E-state index contributed by atoms with van der Waals surface area (Å²) in [6.07, 6.45) is 1.05. The number of carbonyl (C=O) groups excluding carboxylic acids is 2. The first-order valence-corrected chi connectivity index (χ1v) is 12.3. The molecule has 1 unspecified atom stereocenters. The Bertz CT molecular complexity index is 1180. The largest absolute Gasteiger partial charge is 0.480 e. The Morgan fingerprint density at radius 2 is 1.84 bits per heavy atom. The number of ether oxygens (including phenoxy) is 1. The van der Waals surface area contributed by atoms with E-state index in [9.17, 15) is 19.5 Å². The summed E-state index contributed by atoms with van der Waals surface area (Å²) >= 11 is 0. The first-order chi connectivity index (χ1) is 17.2. The maximum Gasteiger partial charge on any atom is 0.407 e. The van der Waals surface area contributed by atoms with Gasteiger partial charge in [-0.2, -0.15) is 10.2 Å². The molecule has 2 N–H and O–H groups in total. The van der Waals surface area contributed by atoms with Crippen LogP contribution in [0.25, 0.3) is 0 Å². The van der Waals surface area contributed by atoms with Gasteiger partial charge in [-0.15, -0.1) is 0 Å². The second kappa shape index (κ2) is 9.37. The van der Waals surface area contributed by atoms with Crippen LogP contribution in [0.4, 0.5) is 9.59 Å². The van der Waals surface area contributed by atoms with Crippen molar-refractivity contribution in [1.29, 1.82) is 0 Å². The molecule has 11 nitrogen and oxygen atoms in total. The third kappa shape index (κ3) is 5.00. The fourth-order valence-electron chi connectivity index (χ4n) is 5.05. The molecular weight excluding hydrogens is 478 g/mol. The van der Waals surface area contributed by atoms with Crippen molar-refractivity contribution in [2.24, 2.45) is 5.41 Å². The first kappa shape index (κ1) is 26.5. The maximum absolute atomic E-state index is 13.8. The zero-order valence-corrected chi connectivity index (χ0v) is 22.1. The summed E-state index contributed by atoms with van der Waals surface area (Å²) in [6.45, 7) is 11.4. The number of nitrogens with one attached hydrogen (secondary N) is 1. The van der Waals surface area contributed by atoms with Crippen LogP contribution >= 0.6 is 0 Å². The number of carboxylic acids is 1. The third-order valence-corrected chi connectivity index (χ3v) is 6.70. The van der Waals surface area contributed by atoms with Crippen LogP contribution in [-0.2, 0) is 33.1 Å². The van der Waals surface area contributed by atoms with E-state index in [1.165, 1.54) is 9.75 Å². The molecule has 2 aliphatic heterocycles. The highest BCUT2D eigenvalue weighted by molar-refractivity contribution is 5.80. The summed E-state index contributed by atoms with van der Waals surface area (Å²) in [4.78, 5) is 45.7. The van der Waals surface area contributed by atoms with Crippen molar-refractivity contribution >= 4 is 18.1 Å². The van der Waals surface area contributed by atoms with Gasteiger partial charge in [0.05, 0.1) is 18.8 Å². The van der Waals surface area contributed by atoms with Gasteiger partial charge in [0.15, 0.2) is 0 Å². The lowest BCUT2D eigenvalue weighted by Crippen LogP contribution is -2.62. The number of amides is 3. The van der Waals surface area contributed by atoms with Crippen molar-refractivity contribution in [3.05, 3.63) is 53.3 Å². The van der Waals surface area contributed by atoms with E-state index in [0.717, 1.165) is 5.56 Å². The number of benzene rings is 1. The van der Waals surface area contributed by atoms with Crippen molar-refractivity contribution in [1.82, 2.24) is 25.1 Å². The van der Waals surface area contributed by atoms with Crippen LogP contribution < -0.4 is 5.32 Å². The zero-order valence-electron chi connectivity index (χ0n) is 22.1. The van der Waals surface area contributed by atoms with Gasteiger partial charge in [0.25, 0.3) is 0 Å². The highest BCUT2D eigenvalue weighted by Gasteiger charge is 2.62. The van der Waals surface area contributed by atoms with Gasteiger partial charge in [0, 0.05) is 11.8 Å². The highest BCUT2D eigenvalue weighted by Crippen LogP contribution is 2.54. The first-order valence-electron chi connectivity index (χ1n) is 12.3. The van der Waals surface area contributed by atoms with Gasteiger partial charge >= 0.3 is 18.1 Å². The quantitative estimate of drug-likeness (QED) is 0.579. The van der Waals surface area contributed by atoms with Crippen LogP contribution in [0.1, 0.15) is 64.4 Å². The summed E-state index contributed by atoms with van der Waals surface area (Å²) in [5, 5.41) is 18.3. The van der Waals surface area contributed by atoms with Crippen molar-refractivity contribution < 1.29 is 29.1 Å². The maximum atomic E-state index is 13.8. The molecule has 0 radical (unpaired) electrons. The zero-order chi connectivity index (χ0) is 27.2. The van der Waals surface area contributed by atoms with E-state index >= 15 is 0 Å². The number of aromatic nitrogens is 2. The molecule has 1 fully saturated rings. The molecule has 3 amide bonds. The Labute approximate surface area is 216 Å². The van der Waals surface area contributed by atoms with E-state index in [-0.39, 0.29) is 25.7 Å². The summed E-state index contributed by atoms with van der Waals surface area (Å²) in [5.74, 6) is -1.04. The SMILES string of the molecule is CC(C)(C)OC(=O)NCC1(C(C)(C)C)c2nn(CC(=O)O)cc2[C@H]2CN1C(=O)N2OCc1ccccc1. The van der Waals surface area contributed by atoms with Gasteiger partial charge in [-0.25, -0.2) is 9.59 Å². The molecule has 2 aromatic rings. The minimum Gasteiger partial charge on any atom is -0.480 e. The predicted molar refractivity (Wildman–Crippen MR) is 133 cm³/mol. The number of hydrogen-bond acceptors (Lipinski definition) is 6. The Balaban J connectivity index is 1.75. The van der Waals surface area contributed by atoms with Gasteiger partial charge in [0.2, 0.25) is 0 Å². The lowest BCUT2D eigenvalue weighted by atomic mass is 9.67. The molecule has 2 bridgehead atoms. The summed E-state index contributed by atoms with van der Waals surface area (Å²) in [7, 11) is 0. The fraction of sp³-hybridized carbons (Fsp3) is 0.538. The summed E-state index contributed by atoms with van der Waals surface area (Å²) in [6, 6.07) is 8.69. The minimum absolute atomic E-state index is 0.0213. The number of carbonyl (C=O) groups is 3. The van der Waals surface area contributed by atoms with Crippen molar-refractivity contribution in [2.75, 3.05) is 13.1 Å². The Kier molecular flexibility index (Phi) is 6.70. The number of fused-ring (bicyclic) bond motifs is 4. The minimum atomic E-state index is -1.10. The average Bonchev–Trinajstić information content (AvgIpc) is 3.31. The van der Waals surface area contributed by atoms with Crippen LogP contribution in [0.15, 0.2) is 36.5 Å². The predicted octanol–water partition coefficient (Wildman–Crippen LogP) is 3.66. The number of carboxylic acid groups (broad SMARTS) is 1. The molecule has 200 valence electrons. The van der Waals surface area contributed by atoms with E-state index in [2.05, 4.69) is 10.4 Å². The van der Waals surface area contributed by atoms with Gasteiger partial charge in [0.1, 0.15) is 30.3 Å². The van der Waals surface area contributed by atoms with E-state index in [1.807, 2.05) is 51.1 Å². The Morgan fingerprint density at radius 1 is 1.16 bits per heavy atom. The molecule has 1 aromatic heterocycles. The molecule has 1 aromatic carbocycles. The highest BCUT2D eigenvalue weighted by atomic mass is 16.7. The lowest BCUT2D eigenvalue weighted by Gasteiger charge is -2.51. The van der Waals surface area contributed by atoms with Crippen molar-refractivity contribution in [3.63, 3.8) is 0 Å². The van der Waals surface area contributed by atoms with E-state index in [1.54, 1.807) is 31.9 Å². The molecule has 37 heavy (non-hydrogen) atoms. The van der Waals surface area contributed by atoms with Gasteiger partial charge in [-0.1, -0.05) is 51.1 Å². The molecule has 1 saturated heterocycles. The number of nitrogens with zero attached hydrogens (tertiary/aromatic N) is 4. The second-order valence-electron chi connectivity index (χ2n) is 11.5. The number of aliphatic carboxylic acids is 1. The van der Waals surface area contributed by atoms with Crippen LogP contribution in [0.3, 0.4) is 0 Å². The molecule has 4 rings (SSSR count). The number of hydrogen-bond donors (Lipinski definition) is 2. The fourth-order valence-corrected chi connectivity index (χ4v) is 5.05. The monoisotopic (exact) mass is 513 g/mol. The van der Waals surface area contributed by atoms with Gasteiger partial charge < -0.3 is 20.1 Å². The van der Waals surface area contributed by atoms with Gasteiger partial charge in [-0.3, -0.25) is 14.3 Å². The van der Waals surface area contributed by atoms with E-state index in [0.29, 0.717) is 17.8 Å². The van der Waals surface area contributed by atoms with Crippen LogP contribution in [-0.4, -0.2) is 61.6 Å². The molecule has 0 spiro atoms. The van der Waals surface area contributed by atoms with Crippen molar-refractivity contribution in [3.8, 4) is 0 Å². The molecular formula is C26H35N5O6. The lowest BCUT2D eigenvalue weighted by molar-refractivity contribution is -0.141. The van der Waals surface area contributed by atoms with Crippen molar-refractivity contribution in [2.45, 2.75) is 71.9 Å². The molecule has 0 aliphatic carbocycles. The normalized spacial score (nSPS) is 21.1. The second-order valence-corrected chi connectivity index (χ2v) is 11.5. The topological polar surface area (TPSA) is 126 Å². The average molecular weight is 514 g/mol. The Hall–Kier alpha value is -3.60. The number of alkyl carbamates (subject to hydrolysis) is 1. The molecule has 11 heteroatoms. The molecule has 3 heterocycles. The molecule has 0 saturated carbocycles. The summed E-state index contributed by atoms with van der Waals surface area (Å²) < 4.78 is 6.82.